The summed E-state index contributed by atoms with van der Waals surface area (Å²) in [6, 6.07) is 4.47. The topological polar surface area (TPSA) is 86.7 Å². The molecule has 0 aliphatic carbocycles. The van der Waals surface area contributed by atoms with E-state index in [2.05, 4.69) is 5.32 Å². The molecule has 0 aliphatic rings. The lowest BCUT2D eigenvalue weighted by atomic mass is 10.3. The van der Waals surface area contributed by atoms with Crippen LogP contribution in [0, 0.1) is 5.82 Å². The predicted molar refractivity (Wildman–Crippen MR) is 73.3 cm³/mol. The SMILES string of the molecule is C[C@@H](CO)NC(=O)CN(c1cccc(F)c1)S(C)(=O)=O. The molecule has 0 unspecified atom stereocenters. The Bertz CT molecular complexity index is 577. The number of anilines is 1. The van der Waals surface area contributed by atoms with Gasteiger partial charge in [-0.05, 0) is 25.1 Å². The van der Waals surface area contributed by atoms with Crippen LogP contribution in [0.4, 0.5) is 10.1 Å². The van der Waals surface area contributed by atoms with Crippen molar-refractivity contribution < 1.29 is 22.7 Å². The van der Waals surface area contributed by atoms with E-state index in [1.165, 1.54) is 18.2 Å². The first-order valence-electron chi connectivity index (χ1n) is 5.87. The van der Waals surface area contributed by atoms with E-state index >= 15 is 0 Å². The zero-order valence-corrected chi connectivity index (χ0v) is 12.0. The third-order valence-electron chi connectivity index (χ3n) is 2.46. The van der Waals surface area contributed by atoms with Crippen LogP contribution in [-0.2, 0) is 14.8 Å². The van der Waals surface area contributed by atoms with Crippen molar-refractivity contribution in [1.29, 1.82) is 0 Å². The lowest BCUT2D eigenvalue weighted by Gasteiger charge is -2.22. The van der Waals surface area contributed by atoms with Gasteiger partial charge < -0.3 is 10.4 Å². The van der Waals surface area contributed by atoms with Crippen LogP contribution in [0.25, 0.3) is 0 Å². The highest BCUT2D eigenvalue weighted by molar-refractivity contribution is 7.92. The number of sulfonamides is 1. The van der Waals surface area contributed by atoms with Crippen molar-refractivity contribution in [2.24, 2.45) is 0 Å². The number of hydrogen-bond acceptors (Lipinski definition) is 4. The van der Waals surface area contributed by atoms with Crippen molar-refractivity contribution in [3.8, 4) is 0 Å². The van der Waals surface area contributed by atoms with Gasteiger partial charge in [0.25, 0.3) is 0 Å². The number of aliphatic hydroxyl groups excluding tert-OH is 1. The Kier molecular flexibility index (Phi) is 5.46. The summed E-state index contributed by atoms with van der Waals surface area (Å²) in [6.07, 6.45) is 0.931. The fraction of sp³-hybridized carbons (Fsp3) is 0.417. The van der Waals surface area contributed by atoms with Gasteiger partial charge in [0.1, 0.15) is 12.4 Å². The maximum Gasteiger partial charge on any atom is 0.241 e. The van der Waals surface area contributed by atoms with E-state index in [9.17, 15) is 17.6 Å². The molecule has 0 aliphatic heterocycles. The molecule has 1 aromatic rings. The first kappa shape index (κ1) is 16.4. The van der Waals surface area contributed by atoms with Gasteiger partial charge in [0.05, 0.1) is 18.6 Å². The number of hydrogen-bond donors (Lipinski definition) is 2. The molecule has 2 N–H and O–H groups in total. The van der Waals surface area contributed by atoms with Crippen molar-refractivity contribution in [3.05, 3.63) is 30.1 Å². The fourth-order valence-electron chi connectivity index (χ4n) is 1.53. The maximum atomic E-state index is 13.2. The number of aliphatic hydroxyl groups is 1. The monoisotopic (exact) mass is 304 g/mol. The molecule has 1 aromatic carbocycles. The number of halogens is 1. The molecule has 20 heavy (non-hydrogen) atoms. The largest absolute Gasteiger partial charge is 0.394 e. The van der Waals surface area contributed by atoms with Gasteiger partial charge in [-0.25, -0.2) is 12.8 Å². The van der Waals surface area contributed by atoms with Gasteiger partial charge in [0, 0.05) is 6.04 Å². The van der Waals surface area contributed by atoms with Crippen LogP contribution in [0.3, 0.4) is 0 Å². The Labute approximate surface area is 117 Å². The van der Waals surface area contributed by atoms with Crippen molar-refractivity contribution in [3.63, 3.8) is 0 Å². The minimum Gasteiger partial charge on any atom is -0.394 e. The van der Waals surface area contributed by atoms with Crippen LogP contribution in [0.2, 0.25) is 0 Å². The van der Waals surface area contributed by atoms with Gasteiger partial charge in [-0.3, -0.25) is 9.10 Å². The predicted octanol–water partition coefficient (Wildman–Crippen LogP) is 0.0887. The molecular formula is C12H17FN2O4S. The molecule has 0 radical (unpaired) electrons. The molecule has 1 rings (SSSR count). The molecule has 8 heteroatoms. The lowest BCUT2D eigenvalue weighted by Crippen LogP contribution is -2.44. The van der Waals surface area contributed by atoms with E-state index in [0.717, 1.165) is 16.6 Å². The van der Waals surface area contributed by atoms with E-state index in [0.29, 0.717) is 0 Å². The molecule has 6 nitrogen and oxygen atoms in total. The summed E-state index contributed by atoms with van der Waals surface area (Å²) in [7, 11) is -3.73. The summed E-state index contributed by atoms with van der Waals surface area (Å²) >= 11 is 0. The number of rotatable bonds is 6. The van der Waals surface area contributed by atoms with E-state index in [-0.39, 0.29) is 12.3 Å². The number of nitrogens with one attached hydrogen (secondary N) is 1. The first-order chi connectivity index (χ1) is 9.24. The minimum atomic E-state index is -3.73. The second-order valence-electron chi connectivity index (χ2n) is 4.40. The highest BCUT2D eigenvalue weighted by Gasteiger charge is 2.21. The summed E-state index contributed by atoms with van der Waals surface area (Å²) < 4.78 is 37.4. The molecule has 0 saturated carbocycles. The van der Waals surface area contributed by atoms with Gasteiger partial charge in [-0.2, -0.15) is 0 Å². The molecule has 1 atom stereocenters. The molecule has 0 heterocycles. The third kappa shape index (κ3) is 4.78. The second-order valence-corrected chi connectivity index (χ2v) is 6.31. The summed E-state index contributed by atoms with van der Waals surface area (Å²) in [6.45, 7) is 0.835. The number of benzene rings is 1. The van der Waals surface area contributed by atoms with Gasteiger partial charge >= 0.3 is 0 Å². The average molecular weight is 304 g/mol. The molecule has 0 fully saturated rings. The van der Waals surface area contributed by atoms with E-state index < -0.39 is 34.3 Å². The van der Waals surface area contributed by atoms with Gasteiger partial charge in [0.15, 0.2) is 0 Å². The summed E-state index contributed by atoms with van der Waals surface area (Å²) in [5.74, 6) is -1.18. The van der Waals surface area contributed by atoms with Crippen LogP contribution in [0.1, 0.15) is 6.92 Å². The fourth-order valence-corrected chi connectivity index (χ4v) is 2.38. The number of nitrogens with zero attached hydrogens (tertiary/aromatic N) is 1. The third-order valence-corrected chi connectivity index (χ3v) is 3.61. The van der Waals surface area contributed by atoms with Gasteiger partial charge in [0.2, 0.25) is 15.9 Å². The summed E-state index contributed by atoms with van der Waals surface area (Å²) in [4.78, 5) is 11.7. The average Bonchev–Trinajstić information content (AvgIpc) is 2.34. The number of carbonyl (C=O) groups is 1. The highest BCUT2D eigenvalue weighted by atomic mass is 32.2. The quantitative estimate of drug-likeness (QED) is 0.780. The van der Waals surface area contributed by atoms with Crippen LogP contribution in [0.15, 0.2) is 24.3 Å². The Morgan fingerprint density at radius 1 is 1.50 bits per heavy atom. The first-order valence-corrected chi connectivity index (χ1v) is 7.72. The highest BCUT2D eigenvalue weighted by Crippen LogP contribution is 2.18. The normalized spacial score (nSPS) is 12.8. The molecular weight excluding hydrogens is 287 g/mol. The van der Waals surface area contributed by atoms with Crippen molar-refractivity contribution in [1.82, 2.24) is 5.32 Å². The van der Waals surface area contributed by atoms with Gasteiger partial charge in [-0.1, -0.05) is 6.07 Å². The van der Waals surface area contributed by atoms with Crippen molar-refractivity contribution in [2.45, 2.75) is 13.0 Å². The van der Waals surface area contributed by atoms with Crippen LogP contribution < -0.4 is 9.62 Å². The molecule has 0 saturated heterocycles. The van der Waals surface area contributed by atoms with Gasteiger partial charge in [-0.15, -0.1) is 0 Å². The number of carbonyl (C=O) groups excluding carboxylic acids is 1. The summed E-state index contributed by atoms with van der Waals surface area (Å²) in [5, 5.41) is 11.3. The zero-order chi connectivity index (χ0) is 15.3. The lowest BCUT2D eigenvalue weighted by molar-refractivity contribution is -0.120. The zero-order valence-electron chi connectivity index (χ0n) is 11.2. The molecule has 1 amide bonds. The van der Waals surface area contributed by atoms with Crippen LogP contribution >= 0.6 is 0 Å². The smallest absolute Gasteiger partial charge is 0.241 e. The number of amides is 1. The Morgan fingerprint density at radius 3 is 2.65 bits per heavy atom. The minimum absolute atomic E-state index is 0.0688. The van der Waals surface area contributed by atoms with E-state index in [1.54, 1.807) is 6.92 Å². The van der Waals surface area contributed by atoms with Crippen molar-refractivity contribution >= 4 is 21.6 Å². The van der Waals surface area contributed by atoms with E-state index in [4.69, 9.17) is 5.11 Å². The maximum absolute atomic E-state index is 13.2. The second kappa shape index (κ2) is 6.67. The Morgan fingerprint density at radius 2 is 2.15 bits per heavy atom. The molecule has 0 spiro atoms. The van der Waals surface area contributed by atoms with E-state index in [1.807, 2.05) is 0 Å². The summed E-state index contributed by atoms with van der Waals surface area (Å²) in [5.41, 5.74) is 0.0688. The van der Waals surface area contributed by atoms with Crippen LogP contribution in [-0.4, -0.2) is 44.9 Å². The molecule has 0 bridgehead atoms. The Hall–Kier alpha value is -1.67. The standard InChI is InChI=1S/C12H17FN2O4S/c1-9(8-16)14-12(17)7-15(20(2,18)19)11-5-3-4-10(13)6-11/h3-6,9,16H,7-8H2,1-2H3,(H,14,17)/t9-/m0/s1. The van der Waals surface area contributed by atoms with Crippen molar-refractivity contribution in [2.75, 3.05) is 23.7 Å². The Balaban J connectivity index is 2.95. The molecule has 112 valence electrons. The van der Waals surface area contributed by atoms with Crippen LogP contribution in [0.5, 0.6) is 0 Å². The molecule has 0 aromatic heterocycles.